The summed E-state index contributed by atoms with van der Waals surface area (Å²) in [6, 6.07) is 5.56. The number of nitrogens with zero attached hydrogens (tertiary/aromatic N) is 5. The molecule has 0 saturated heterocycles. The predicted molar refractivity (Wildman–Crippen MR) is 114 cm³/mol. The molecule has 3 aliphatic rings. The van der Waals surface area contributed by atoms with Crippen molar-refractivity contribution in [2.45, 2.75) is 44.8 Å². The van der Waals surface area contributed by atoms with E-state index >= 15 is 0 Å². The minimum absolute atomic E-state index is 0.0476. The highest BCUT2D eigenvalue weighted by atomic mass is 19.4. The van der Waals surface area contributed by atoms with Crippen LogP contribution in [-0.2, 0) is 6.18 Å². The number of ketones is 1. The second kappa shape index (κ2) is 8.24. The lowest BCUT2D eigenvalue weighted by atomic mass is 9.60. The number of hydrogen-bond acceptors (Lipinski definition) is 6. The predicted octanol–water partition coefficient (Wildman–Crippen LogP) is 4.48. The molecule has 172 valence electrons. The molecular weight excluding hydrogens is 433 g/mol. The van der Waals surface area contributed by atoms with Gasteiger partial charge in [0.2, 0.25) is 0 Å². The van der Waals surface area contributed by atoms with Gasteiger partial charge in [-0.1, -0.05) is 12.1 Å². The Morgan fingerprint density at radius 3 is 2.55 bits per heavy atom. The van der Waals surface area contributed by atoms with Crippen LogP contribution in [-0.4, -0.2) is 36.8 Å². The first-order valence-electron chi connectivity index (χ1n) is 11.0. The van der Waals surface area contributed by atoms with Gasteiger partial charge in [0, 0.05) is 17.5 Å². The first-order chi connectivity index (χ1) is 15.8. The first-order valence-corrected chi connectivity index (χ1v) is 11.0. The highest BCUT2D eigenvalue weighted by Gasteiger charge is 2.46. The van der Waals surface area contributed by atoms with Crippen LogP contribution in [0.15, 0.2) is 43.0 Å². The summed E-state index contributed by atoms with van der Waals surface area (Å²) in [7, 11) is 0. The molecule has 3 saturated carbocycles. The molecule has 4 atom stereocenters. The molecule has 3 aromatic rings. The highest BCUT2D eigenvalue weighted by Crippen LogP contribution is 2.47. The van der Waals surface area contributed by atoms with Crippen LogP contribution < -0.4 is 5.32 Å². The van der Waals surface area contributed by atoms with Gasteiger partial charge in [0.1, 0.15) is 5.82 Å². The molecule has 7 nitrogen and oxygen atoms in total. The van der Waals surface area contributed by atoms with Gasteiger partial charge in [0.25, 0.3) is 0 Å². The largest absolute Gasteiger partial charge is 0.434 e. The van der Waals surface area contributed by atoms with Gasteiger partial charge < -0.3 is 5.32 Å². The van der Waals surface area contributed by atoms with Crippen LogP contribution in [0.4, 0.5) is 19.0 Å². The number of anilines is 1. The number of rotatable bonds is 5. The van der Waals surface area contributed by atoms with Gasteiger partial charge in [0.15, 0.2) is 11.5 Å². The van der Waals surface area contributed by atoms with E-state index in [-0.39, 0.29) is 23.7 Å². The fourth-order valence-electron chi connectivity index (χ4n) is 5.37. The van der Waals surface area contributed by atoms with Gasteiger partial charge in [0.05, 0.1) is 30.5 Å². The van der Waals surface area contributed by atoms with Crippen molar-refractivity contribution in [1.82, 2.24) is 25.0 Å². The average Bonchev–Trinajstić information content (AvgIpc) is 3.33. The Kier molecular flexibility index (Phi) is 5.38. The maximum Gasteiger partial charge on any atom is 0.434 e. The van der Waals surface area contributed by atoms with E-state index in [2.05, 4.69) is 25.5 Å². The second-order valence-electron chi connectivity index (χ2n) is 8.87. The third-order valence-corrected chi connectivity index (χ3v) is 6.85. The number of Topliss-reactive ketones (excluding diaryl/α,β-unsaturated/α-hetero) is 1. The lowest BCUT2D eigenvalue weighted by Gasteiger charge is -2.47. The van der Waals surface area contributed by atoms with Crippen molar-refractivity contribution in [2.75, 3.05) is 5.32 Å². The van der Waals surface area contributed by atoms with Gasteiger partial charge >= 0.3 is 6.18 Å². The van der Waals surface area contributed by atoms with E-state index < -0.39 is 11.9 Å². The van der Waals surface area contributed by atoms with Crippen molar-refractivity contribution in [2.24, 2.45) is 17.8 Å². The normalized spacial score (nSPS) is 24.6. The zero-order valence-electron chi connectivity index (χ0n) is 18.0. The molecule has 33 heavy (non-hydrogen) atoms. The first kappa shape index (κ1) is 21.5. The molecule has 2 bridgehead atoms. The molecular formula is C23H23F3N6O. The molecule has 2 heterocycles. The summed E-state index contributed by atoms with van der Waals surface area (Å²) in [6.45, 7) is 1.93. The highest BCUT2D eigenvalue weighted by molar-refractivity contribution is 6.01. The summed E-state index contributed by atoms with van der Waals surface area (Å²) < 4.78 is 38.4. The summed E-state index contributed by atoms with van der Waals surface area (Å²) in [4.78, 5) is 22.7. The maximum absolute atomic E-state index is 13.8. The van der Waals surface area contributed by atoms with E-state index in [9.17, 15) is 18.0 Å². The maximum atomic E-state index is 13.8. The molecule has 3 aliphatic carbocycles. The Morgan fingerprint density at radius 2 is 1.88 bits per heavy atom. The van der Waals surface area contributed by atoms with Gasteiger partial charge in [-0.05, 0) is 56.1 Å². The Morgan fingerprint density at radius 1 is 1.09 bits per heavy atom. The second-order valence-corrected chi connectivity index (χ2v) is 8.87. The van der Waals surface area contributed by atoms with E-state index in [1.807, 2.05) is 25.1 Å². The van der Waals surface area contributed by atoms with Crippen molar-refractivity contribution in [3.63, 3.8) is 0 Å². The third kappa shape index (κ3) is 4.09. The Bertz CT molecular complexity index is 1150. The minimum Gasteiger partial charge on any atom is -0.366 e. The summed E-state index contributed by atoms with van der Waals surface area (Å²) in [5.74, 6) is 0.605. The number of para-hydroxylation sites is 1. The molecule has 4 unspecified atom stereocenters. The number of halogens is 3. The molecule has 0 aliphatic heterocycles. The number of aromatic nitrogens is 5. The fourth-order valence-corrected chi connectivity index (χ4v) is 5.37. The Hall–Kier alpha value is -3.30. The molecule has 1 aromatic carbocycles. The van der Waals surface area contributed by atoms with Crippen molar-refractivity contribution in [3.05, 3.63) is 59.8 Å². The quantitative estimate of drug-likeness (QED) is 0.570. The molecule has 10 heteroatoms. The van der Waals surface area contributed by atoms with Gasteiger partial charge in [-0.2, -0.15) is 28.2 Å². The van der Waals surface area contributed by atoms with Crippen LogP contribution in [0.2, 0.25) is 0 Å². The van der Waals surface area contributed by atoms with Crippen LogP contribution >= 0.6 is 0 Å². The van der Waals surface area contributed by atoms with E-state index in [0.717, 1.165) is 43.6 Å². The van der Waals surface area contributed by atoms with Gasteiger partial charge in [-0.15, -0.1) is 0 Å². The third-order valence-electron chi connectivity index (χ3n) is 6.85. The summed E-state index contributed by atoms with van der Waals surface area (Å²) >= 11 is 0. The topological polar surface area (TPSA) is 85.6 Å². The van der Waals surface area contributed by atoms with Crippen LogP contribution in [0.3, 0.4) is 0 Å². The van der Waals surface area contributed by atoms with Crippen LogP contribution in [0.5, 0.6) is 0 Å². The zero-order valence-corrected chi connectivity index (χ0v) is 18.0. The number of nitrogens with one attached hydrogen (secondary N) is 1. The van der Waals surface area contributed by atoms with Crippen LogP contribution in [0.25, 0.3) is 5.69 Å². The zero-order chi connectivity index (χ0) is 23.2. The van der Waals surface area contributed by atoms with Crippen molar-refractivity contribution < 1.29 is 18.0 Å². The number of carbonyl (C=O) groups excluding carboxylic acids is 1. The molecule has 2 aromatic heterocycles. The summed E-state index contributed by atoms with van der Waals surface area (Å²) in [5.41, 5.74) is 1.17. The smallest absolute Gasteiger partial charge is 0.366 e. The van der Waals surface area contributed by atoms with Gasteiger partial charge in [-0.3, -0.25) is 4.79 Å². The van der Waals surface area contributed by atoms with E-state index in [1.165, 1.54) is 4.80 Å². The van der Waals surface area contributed by atoms with E-state index in [4.69, 9.17) is 0 Å². The number of alkyl halides is 3. The number of carbonyl (C=O) groups is 1. The monoisotopic (exact) mass is 456 g/mol. The molecule has 0 spiro atoms. The molecule has 1 N–H and O–H groups in total. The lowest BCUT2D eigenvalue weighted by molar-refractivity contribution is -0.141. The number of benzene rings is 1. The van der Waals surface area contributed by atoms with Crippen molar-refractivity contribution in [1.29, 1.82) is 0 Å². The SMILES string of the molecule is Cc1cccc(C(=O)C2CC3CCC2C(Nc2cnc(C(F)(F)F)cn2)C3)c1-n1nccn1. The average molecular weight is 456 g/mol. The summed E-state index contributed by atoms with van der Waals surface area (Å²) in [5, 5.41) is 11.7. The molecule has 0 amide bonds. The van der Waals surface area contributed by atoms with E-state index in [0.29, 0.717) is 23.0 Å². The van der Waals surface area contributed by atoms with Crippen LogP contribution in [0.1, 0.15) is 47.3 Å². The van der Waals surface area contributed by atoms with Crippen LogP contribution in [0, 0.1) is 24.7 Å². The molecule has 6 rings (SSSR count). The number of hydrogen-bond donors (Lipinski definition) is 1. The summed E-state index contributed by atoms with van der Waals surface area (Å²) in [6.07, 6.45) is 4.08. The Balaban J connectivity index is 1.40. The molecule has 0 radical (unpaired) electrons. The molecule has 3 fully saturated rings. The van der Waals surface area contributed by atoms with Crippen molar-refractivity contribution in [3.8, 4) is 5.69 Å². The minimum atomic E-state index is -4.53. The number of aryl methyl sites for hydroxylation is 1. The van der Waals surface area contributed by atoms with Crippen molar-refractivity contribution >= 4 is 11.6 Å². The lowest BCUT2D eigenvalue weighted by Crippen LogP contribution is -2.48. The van der Waals surface area contributed by atoms with Gasteiger partial charge in [-0.25, -0.2) is 9.97 Å². The van der Waals surface area contributed by atoms with E-state index in [1.54, 1.807) is 12.4 Å². The Labute approximate surface area is 188 Å². The number of fused-ring (bicyclic) bond motifs is 3. The fraction of sp³-hybridized carbons (Fsp3) is 0.435. The standard InChI is InChI=1S/C23H23F3N6O/c1-13-3-2-4-16(21(13)32-29-7-8-30-32)22(33)17-9-14-5-6-15(17)18(10-14)31-20-12-27-19(11-28-20)23(24,25)26/h2-4,7-8,11-12,14-15,17-18H,5-6,9-10H2,1H3,(H,28,31).